The lowest BCUT2D eigenvalue weighted by molar-refractivity contribution is -0.119. The summed E-state index contributed by atoms with van der Waals surface area (Å²) in [4.78, 5) is 15.5. The van der Waals surface area contributed by atoms with Gasteiger partial charge in [-0.2, -0.15) is 4.98 Å². The van der Waals surface area contributed by atoms with E-state index in [1.807, 2.05) is 0 Å². The molecule has 0 saturated carbocycles. The molecule has 1 amide bonds. The van der Waals surface area contributed by atoms with Crippen LogP contribution in [0.1, 0.15) is 0 Å². The molecule has 0 aliphatic heterocycles. The Hall–Kier alpha value is -2.22. The van der Waals surface area contributed by atoms with Crippen molar-refractivity contribution >= 4 is 17.5 Å². The first-order chi connectivity index (χ1) is 9.19. The van der Waals surface area contributed by atoms with Gasteiger partial charge in [0, 0.05) is 13.7 Å². The van der Waals surface area contributed by atoms with Crippen molar-refractivity contribution in [3.8, 4) is 0 Å². The average Bonchev–Trinajstić information content (AvgIpc) is 2.78. The molecule has 2 rings (SSSR count). The highest BCUT2D eigenvalue weighted by Gasteiger charge is 2.06. The average molecular weight is 267 g/mol. The molecule has 0 aliphatic rings. The zero-order valence-electron chi connectivity index (χ0n) is 10.4. The number of halogens is 1. The number of ether oxygens (including phenoxy) is 1. The summed E-state index contributed by atoms with van der Waals surface area (Å²) in [5.41, 5.74) is 0.503. The topological polar surface area (TPSA) is 80.5 Å². The summed E-state index contributed by atoms with van der Waals surface area (Å²) in [6, 6.07) is 2.80. The van der Waals surface area contributed by atoms with Gasteiger partial charge in [-0.15, -0.1) is 5.10 Å². The molecule has 0 bridgehead atoms. The summed E-state index contributed by atoms with van der Waals surface area (Å²) in [7, 11) is 1.56. The molecule has 19 heavy (non-hydrogen) atoms. The number of rotatable bonds is 6. The predicted molar refractivity (Wildman–Crippen MR) is 66.3 cm³/mol. The lowest BCUT2D eigenvalue weighted by Crippen LogP contribution is -2.32. The van der Waals surface area contributed by atoms with E-state index in [0.717, 1.165) is 0 Å². The maximum Gasteiger partial charge on any atom is 0.243 e. The number of carbonyl (C=O) groups excluding carboxylic acids is 1. The molecular weight excluding hydrogens is 253 g/mol. The highest BCUT2D eigenvalue weighted by Crippen LogP contribution is 2.06. The van der Waals surface area contributed by atoms with Gasteiger partial charge in [0.15, 0.2) is 5.65 Å². The van der Waals surface area contributed by atoms with Gasteiger partial charge < -0.3 is 15.4 Å². The third-order valence-corrected chi connectivity index (χ3v) is 2.33. The first-order valence-electron chi connectivity index (χ1n) is 5.70. The minimum absolute atomic E-state index is 0.0447. The first kappa shape index (κ1) is 13.2. The van der Waals surface area contributed by atoms with Gasteiger partial charge in [-0.3, -0.25) is 4.79 Å². The van der Waals surface area contributed by atoms with Gasteiger partial charge in [0.25, 0.3) is 0 Å². The van der Waals surface area contributed by atoms with Gasteiger partial charge in [-0.25, -0.2) is 8.91 Å². The number of methoxy groups -OCH3 is 1. The van der Waals surface area contributed by atoms with Gasteiger partial charge in [0.2, 0.25) is 11.9 Å². The Bertz CT molecular complexity index is 571. The number of pyridine rings is 1. The monoisotopic (exact) mass is 267 g/mol. The highest BCUT2D eigenvalue weighted by molar-refractivity contribution is 5.80. The minimum Gasteiger partial charge on any atom is -0.383 e. The van der Waals surface area contributed by atoms with Crippen LogP contribution in [-0.4, -0.2) is 47.3 Å². The van der Waals surface area contributed by atoms with Gasteiger partial charge >= 0.3 is 0 Å². The summed E-state index contributed by atoms with van der Waals surface area (Å²) in [5, 5.41) is 9.40. The standard InChI is InChI=1S/C11H14FN5O2/c1-19-5-4-13-10(18)6-14-11-15-9-3-2-8(12)7-17(9)16-11/h2-3,7H,4-6H2,1H3,(H,13,18)(H,14,16). The fourth-order valence-electron chi connectivity index (χ4n) is 1.45. The lowest BCUT2D eigenvalue weighted by atomic mass is 10.5. The third-order valence-electron chi connectivity index (χ3n) is 2.33. The Morgan fingerprint density at radius 1 is 1.53 bits per heavy atom. The number of anilines is 1. The van der Waals surface area contributed by atoms with E-state index in [4.69, 9.17) is 4.74 Å². The zero-order valence-corrected chi connectivity index (χ0v) is 10.4. The van der Waals surface area contributed by atoms with E-state index in [2.05, 4.69) is 20.7 Å². The van der Waals surface area contributed by atoms with Gasteiger partial charge in [0.05, 0.1) is 19.3 Å². The summed E-state index contributed by atoms with van der Waals surface area (Å²) in [6.45, 7) is 0.946. The molecule has 102 valence electrons. The van der Waals surface area contributed by atoms with E-state index in [-0.39, 0.29) is 18.4 Å². The molecule has 2 aromatic rings. The van der Waals surface area contributed by atoms with Crippen LogP contribution < -0.4 is 10.6 Å². The van der Waals surface area contributed by atoms with E-state index in [1.54, 1.807) is 7.11 Å². The third kappa shape index (κ3) is 3.62. The summed E-state index contributed by atoms with van der Waals surface area (Å²) in [5.74, 6) is -0.323. The van der Waals surface area contributed by atoms with Crippen LogP contribution in [0.5, 0.6) is 0 Å². The molecule has 0 atom stereocenters. The smallest absolute Gasteiger partial charge is 0.243 e. The maximum atomic E-state index is 12.9. The number of hydrogen-bond acceptors (Lipinski definition) is 5. The largest absolute Gasteiger partial charge is 0.383 e. The van der Waals surface area contributed by atoms with Gasteiger partial charge in [-0.1, -0.05) is 0 Å². The molecule has 0 aromatic carbocycles. The molecule has 2 N–H and O–H groups in total. The van der Waals surface area contributed by atoms with E-state index < -0.39 is 5.82 Å². The SMILES string of the molecule is COCCNC(=O)CNc1nc2ccc(F)cn2n1. The van der Waals surface area contributed by atoms with Crippen LogP contribution in [0.4, 0.5) is 10.3 Å². The normalized spacial score (nSPS) is 10.6. The minimum atomic E-state index is -0.402. The van der Waals surface area contributed by atoms with Crippen molar-refractivity contribution in [1.82, 2.24) is 19.9 Å². The fraction of sp³-hybridized carbons (Fsp3) is 0.364. The number of amides is 1. The van der Waals surface area contributed by atoms with E-state index in [0.29, 0.717) is 18.8 Å². The van der Waals surface area contributed by atoms with Crippen LogP contribution in [0, 0.1) is 5.82 Å². The lowest BCUT2D eigenvalue weighted by Gasteiger charge is -2.04. The van der Waals surface area contributed by atoms with Crippen LogP contribution >= 0.6 is 0 Å². The molecule has 0 radical (unpaired) electrons. The van der Waals surface area contributed by atoms with Crippen molar-refractivity contribution in [3.63, 3.8) is 0 Å². The molecule has 7 nitrogen and oxygen atoms in total. The van der Waals surface area contributed by atoms with Crippen molar-refractivity contribution in [1.29, 1.82) is 0 Å². The van der Waals surface area contributed by atoms with E-state index in [1.165, 1.54) is 22.8 Å². The first-order valence-corrected chi connectivity index (χ1v) is 5.70. The fourth-order valence-corrected chi connectivity index (χ4v) is 1.45. The Labute approximate surface area is 108 Å². The molecule has 2 heterocycles. The number of hydrogen-bond donors (Lipinski definition) is 2. The molecule has 0 spiro atoms. The molecule has 2 aromatic heterocycles. The van der Waals surface area contributed by atoms with Crippen LogP contribution in [-0.2, 0) is 9.53 Å². The molecule has 0 fully saturated rings. The van der Waals surface area contributed by atoms with Crippen LogP contribution in [0.15, 0.2) is 18.3 Å². The Balaban J connectivity index is 1.89. The number of nitrogens with one attached hydrogen (secondary N) is 2. The van der Waals surface area contributed by atoms with Crippen LogP contribution in [0.25, 0.3) is 5.65 Å². The van der Waals surface area contributed by atoms with Crippen molar-refractivity contribution < 1.29 is 13.9 Å². The van der Waals surface area contributed by atoms with Gasteiger partial charge in [-0.05, 0) is 12.1 Å². The number of fused-ring (bicyclic) bond motifs is 1. The molecule has 0 aliphatic carbocycles. The van der Waals surface area contributed by atoms with Crippen molar-refractivity contribution in [2.75, 3.05) is 32.1 Å². The van der Waals surface area contributed by atoms with Gasteiger partial charge in [0.1, 0.15) is 5.82 Å². The quantitative estimate of drug-likeness (QED) is 0.722. The summed E-state index contributed by atoms with van der Waals surface area (Å²) in [6.07, 6.45) is 1.21. The second kappa shape index (κ2) is 6.10. The van der Waals surface area contributed by atoms with Crippen molar-refractivity contribution in [2.45, 2.75) is 0 Å². The number of nitrogens with zero attached hydrogens (tertiary/aromatic N) is 3. The summed E-state index contributed by atoms with van der Waals surface area (Å²) < 4.78 is 19.1. The molecule has 0 unspecified atom stereocenters. The van der Waals surface area contributed by atoms with Crippen LogP contribution in [0.3, 0.4) is 0 Å². The van der Waals surface area contributed by atoms with Crippen molar-refractivity contribution in [2.24, 2.45) is 0 Å². The predicted octanol–water partition coefficient (Wildman–Crippen LogP) is 0.0429. The molecular formula is C11H14FN5O2. The Morgan fingerprint density at radius 3 is 3.16 bits per heavy atom. The number of aromatic nitrogens is 3. The highest BCUT2D eigenvalue weighted by atomic mass is 19.1. The second-order valence-electron chi connectivity index (χ2n) is 3.78. The van der Waals surface area contributed by atoms with Crippen LogP contribution in [0.2, 0.25) is 0 Å². The Morgan fingerprint density at radius 2 is 2.37 bits per heavy atom. The van der Waals surface area contributed by atoms with E-state index >= 15 is 0 Å². The van der Waals surface area contributed by atoms with E-state index in [9.17, 15) is 9.18 Å². The molecule has 0 saturated heterocycles. The second-order valence-corrected chi connectivity index (χ2v) is 3.78. The molecule has 8 heteroatoms. The summed E-state index contributed by atoms with van der Waals surface area (Å²) >= 11 is 0. The maximum absolute atomic E-state index is 12.9. The Kier molecular flexibility index (Phi) is 4.24. The number of carbonyl (C=O) groups is 1. The zero-order chi connectivity index (χ0) is 13.7. The van der Waals surface area contributed by atoms with Crippen molar-refractivity contribution in [3.05, 3.63) is 24.1 Å².